The third-order valence-electron chi connectivity index (χ3n) is 5.26. The summed E-state index contributed by atoms with van der Waals surface area (Å²) < 4.78 is 14.1. The van der Waals surface area contributed by atoms with Crippen LogP contribution in [0, 0.1) is 23.1 Å². The quantitative estimate of drug-likeness (QED) is 0.606. The van der Waals surface area contributed by atoms with Crippen LogP contribution in [-0.4, -0.2) is 40.0 Å². The van der Waals surface area contributed by atoms with E-state index in [-0.39, 0.29) is 27.2 Å². The second-order valence-electron chi connectivity index (χ2n) is 7.25. The lowest BCUT2D eigenvalue weighted by atomic mass is 9.97. The predicted octanol–water partition coefficient (Wildman–Crippen LogP) is 3.77. The van der Waals surface area contributed by atoms with Crippen LogP contribution in [0.4, 0.5) is 15.3 Å². The molecule has 1 amide bonds. The second-order valence-corrected chi connectivity index (χ2v) is 8.25. The van der Waals surface area contributed by atoms with Gasteiger partial charge in [-0.15, -0.1) is 0 Å². The van der Waals surface area contributed by atoms with E-state index in [4.69, 9.17) is 5.11 Å². The molecule has 1 aromatic carbocycles. The van der Waals surface area contributed by atoms with Crippen molar-refractivity contribution in [3.63, 3.8) is 0 Å². The first-order valence-corrected chi connectivity index (χ1v) is 10.7. The molecule has 1 saturated heterocycles. The minimum Gasteiger partial charge on any atom is -0.481 e. The van der Waals surface area contributed by atoms with Gasteiger partial charge in [-0.3, -0.25) is 14.9 Å². The summed E-state index contributed by atoms with van der Waals surface area (Å²) in [6, 6.07) is 11.3. The van der Waals surface area contributed by atoms with Crippen molar-refractivity contribution < 1.29 is 19.1 Å². The maximum atomic E-state index is 14.1. The normalized spacial score (nSPS) is 14.1. The van der Waals surface area contributed by atoms with Crippen LogP contribution in [0.5, 0.6) is 0 Å². The smallest absolute Gasteiger partial charge is 0.306 e. The first-order valence-electron chi connectivity index (χ1n) is 9.87. The number of carbonyl (C=O) groups excluding carboxylic acids is 1. The summed E-state index contributed by atoms with van der Waals surface area (Å²) in [5.41, 5.74) is 0.679. The molecule has 0 spiro atoms. The van der Waals surface area contributed by atoms with E-state index >= 15 is 0 Å². The zero-order valence-corrected chi connectivity index (χ0v) is 17.6. The Kier molecular flexibility index (Phi) is 6.09. The molecule has 0 bridgehead atoms. The third-order valence-corrected chi connectivity index (χ3v) is 6.13. The van der Waals surface area contributed by atoms with Gasteiger partial charge in [0, 0.05) is 24.8 Å². The van der Waals surface area contributed by atoms with Crippen molar-refractivity contribution in [2.75, 3.05) is 23.3 Å². The first kappa shape index (κ1) is 21.4. The highest BCUT2D eigenvalue weighted by atomic mass is 32.1. The van der Waals surface area contributed by atoms with Crippen LogP contribution in [0.25, 0.3) is 11.3 Å². The number of benzene rings is 1. The molecule has 4 rings (SSSR count). The van der Waals surface area contributed by atoms with E-state index in [2.05, 4.69) is 15.3 Å². The van der Waals surface area contributed by atoms with E-state index in [1.807, 2.05) is 11.0 Å². The number of amides is 1. The number of halogens is 1. The number of hydrogen-bond acceptors (Lipinski definition) is 7. The summed E-state index contributed by atoms with van der Waals surface area (Å²) in [4.78, 5) is 34.5. The largest absolute Gasteiger partial charge is 0.481 e. The molecule has 2 aromatic heterocycles. The fraction of sp³-hybridized carbons (Fsp3) is 0.227. The zero-order chi connectivity index (χ0) is 22.7. The summed E-state index contributed by atoms with van der Waals surface area (Å²) in [6.07, 6.45) is 2.54. The van der Waals surface area contributed by atoms with E-state index in [0.717, 1.165) is 11.3 Å². The lowest BCUT2D eigenvalue weighted by molar-refractivity contribution is -0.142. The molecule has 0 radical (unpaired) electrons. The van der Waals surface area contributed by atoms with Crippen LogP contribution >= 0.6 is 11.3 Å². The van der Waals surface area contributed by atoms with Gasteiger partial charge in [-0.2, -0.15) is 5.26 Å². The summed E-state index contributed by atoms with van der Waals surface area (Å²) in [5, 5.41) is 21.3. The minimum atomic E-state index is -0.774. The number of hydrogen-bond donors (Lipinski definition) is 2. The molecule has 0 atom stereocenters. The SMILES string of the molecule is N#Cc1sc(NC(=O)c2ccc(N3CCC(C(=O)O)CC3)nc2)nc1-c1ccccc1F. The number of nitriles is 1. The Morgan fingerprint density at radius 2 is 1.97 bits per heavy atom. The van der Waals surface area contributed by atoms with Crippen molar-refractivity contribution in [1.29, 1.82) is 5.26 Å². The highest BCUT2D eigenvalue weighted by Crippen LogP contribution is 2.32. The molecule has 8 nitrogen and oxygen atoms in total. The molecule has 0 aliphatic carbocycles. The monoisotopic (exact) mass is 451 g/mol. The van der Waals surface area contributed by atoms with Crippen LogP contribution < -0.4 is 10.2 Å². The van der Waals surface area contributed by atoms with Gasteiger partial charge in [-0.05, 0) is 37.1 Å². The molecule has 3 heterocycles. The first-order chi connectivity index (χ1) is 15.5. The van der Waals surface area contributed by atoms with Gasteiger partial charge in [-0.1, -0.05) is 23.5 Å². The standard InChI is InChI=1S/C22H18FN5O3S/c23-16-4-2-1-3-15(16)19-17(11-24)32-22(26-19)27-20(29)14-5-6-18(25-12-14)28-9-7-13(8-10-28)21(30)31/h1-6,12-13H,7-10H2,(H,30,31)(H,26,27,29). The van der Waals surface area contributed by atoms with Crippen molar-refractivity contribution in [3.8, 4) is 17.3 Å². The van der Waals surface area contributed by atoms with Crippen LogP contribution in [0.15, 0.2) is 42.6 Å². The number of carboxylic acids is 1. The maximum Gasteiger partial charge on any atom is 0.306 e. The number of carboxylic acid groups (broad SMARTS) is 1. The summed E-state index contributed by atoms with van der Waals surface area (Å²) in [5.74, 6) is -1.38. The van der Waals surface area contributed by atoms with Crippen molar-refractivity contribution in [2.24, 2.45) is 5.92 Å². The fourth-order valence-corrected chi connectivity index (χ4v) is 4.29. The number of carbonyl (C=O) groups is 2. The molecule has 3 aromatic rings. The molecule has 1 fully saturated rings. The van der Waals surface area contributed by atoms with Crippen LogP contribution in [0.2, 0.25) is 0 Å². The Morgan fingerprint density at radius 3 is 2.59 bits per heavy atom. The summed E-state index contributed by atoms with van der Waals surface area (Å²) >= 11 is 0.967. The van der Waals surface area contributed by atoms with Crippen molar-refractivity contribution in [2.45, 2.75) is 12.8 Å². The lowest BCUT2D eigenvalue weighted by Gasteiger charge is -2.30. The zero-order valence-electron chi connectivity index (χ0n) is 16.8. The number of pyridine rings is 1. The van der Waals surface area contributed by atoms with E-state index in [9.17, 15) is 19.2 Å². The Hall–Kier alpha value is -3.84. The number of anilines is 2. The number of nitrogens with zero attached hydrogens (tertiary/aromatic N) is 4. The van der Waals surface area contributed by atoms with Gasteiger partial charge in [-0.25, -0.2) is 14.4 Å². The molecule has 1 aliphatic rings. The van der Waals surface area contributed by atoms with Gasteiger partial charge in [0.1, 0.15) is 28.3 Å². The number of thiazole rings is 1. The highest BCUT2D eigenvalue weighted by Gasteiger charge is 2.25. The van der Waals surface area contributed by atoms with Gasteiger partial charge in [0.25, 0.3) is 5.91 Å². The van der Waals surface area contributed by atoms with E-state index in [1.54, 1.807) is 24.3 Å². The Morgan fingerprint density at radius 1 is 1.22 bits per heavy atom. The molecule has 162 valence electrons. The van der Waals surface area contributed by atoms with E-state index in [0.29, 0.717) is 37.3 Å². The molecule has 32 heavy (non-hydrogen) atoms. The van der Waals surface area contributed by atoms with Crippen LogP contribution in [0.1, 0.15) is 28.1 Å². The Balaban J connectivity index is 1.45. The van der Waals surface area contributed by atoms with Gasteiger partial charge in [0.05, 0.1) is 11.5 Å². The van der Waals surface area contributed by atoms with E-state index < -0.39 is 17.7 Å². The summed E-state index contributed by atoms with van der Waals surface area (Å²) in [6.45, 7) is 1.18. The number of aliphatic carboxylic acids is 1. The Labute approximate surface area is 187 Å². The Bertz CT molecular complexity index is 1200. The van der Waals surface area contributed by atoms with Gasteiger partial charge in [0.2, 0.25) is 0 Å². The maximum absolute atomic E-state index is 14.1. The number of aromatic nitrogens is 2. The molecule has 0 unspecified atom stereocenters. The average molecular weight is 451 g/mol. The minimum absolute atomic E-state index is 0.184. The molecule has 10 heteroatoms. The molecule has 1 aliphatic heterocycles. The number of rotatable bonds is 5. The lowest BCUT2D eigenvalue weighted by Crippen LogP contribution is -2.36. The van der Waals surface area contributed by atoms with Gasteiger partial charge >= 0.3 is 5.97 Å². The fourth-order valence-electron chi connectivity index (χ4n) is 3.52. The number of nitrogens with one attached hydrogen (secondary N) is 1. The van der Waals surface area contributed by atoms with Crippen molar-refractivity contribution >= 4 is 34.2 Å². The van der Waals surface area contributed by atoms with Gasteiger partial charge < -0.3 is 10.0 Å². The topological polar surface area (TPSA) is 119 Å². The predicted molar refractivity (Wildman–Crippen MR) is 117 cm³/mol. The van der Waals surface area contributed by atoms with Crippen molar-refractivity contribution in [1.82, 2.24) is 9.97 Å². The summed E-state index contributed by atoms with van der Waals surface area (Å²) in [7, 11) is 0. The third kappa shape index (κ3) is 4.43. The second kappa shape index (κ2) is 9.11. The van der Waals surface area contributed by atoms with Gasteiger partial charge in [0.15, 0.2) is 5.13 Å². The molecular formula is C22H18FN5O3S. The highest BCUT2D eigenvalue weighted by molar-refractivity contribution is 7.16. The van der Waals surface area contributed by atoms with Crippen molar-refractivity contribution in [3.05, 3.63) is 58.9 Å². The van der Waals surface area contributed by atoms with E-state index in [1.165, 1.54) is 18.3 Å². The average Bonchev–Trinajstić information content (AvgIpc) is 3.22. The van der Waals surface area contributed by atoms with Crippen LogP contribution in [0.3, 0.4) is 0 Å². The molecule has 0 saturated carbocycles. The number of piperidine rings is 1. The van der Waals surface area contributed by atoms with Crippen LogP contribution in [-0.2, 0) is 4.79 Å². The molecular weight excluding hydrogens is 433 g/mol. The molecule has 2 N–H and O–H groups in total.